The first kappa shape index (κ1) is 8.12. The van der Waals surface area contributed by atoms with Crippen LogP contribution < -0.4 is 16.2 Å². The molecule has 2 unspecified atom stereocenters. The van der Waals surface area contributed by atoms with Gasteiger partial charge in [-0.3, -0.25) is 10.2 Å². The minimum absolute atomic E-state index is 0.127. The van der Waals surface area contributed by atoms with Crippen LogP contribution in [0, 0.1) is 0 Å². The van der Waals surface area contributed by atoms with Crippen molar-refractivity contribution in [2.45, 2.75) is 25.3 Å². The molecule has 0 spiro atoms. The molecule has 0 amide bonds. The summed E-state index contributed by atoms with van der Waals surface area (Å²) in [7, 11) is 0. The van der Waals surface area contributed by atoms with Crippen molar-refractivity contribution < 1.29 is 4.79 Å². The topological polar surface area (TPSA) is 56.4 Å². The third-order valence-electron chi connectivity index (χ3n) is 2.35. The first-order valence-corrected chi connectivity index (χ1v) is 4.36. The summed E-state index contributed by atoms with van der Waals surface area (Å²) in [5.41, 5.74) is 5.90. The highest BCUT2D eigenvalue weighted by atomic mass is 16.1. The van der Waals surface area contributed by atoms with E-state index in [0.717, 1.165) is 19.4 Å². The normalized spacial score (nSPS) is 37.3. The Hall–Kier alpha value is -0.490. The van der Waals surface area contributed by atoms with Gasteiger partial charge in [0, 0.05) is 13.1 Å². The Morgan fingerprint density at radius 3 is 2.58 bits per heavy atom. The minimum Gasteiger partial charge on any atom is -0.300 e. The lowest BCUT2D eigenvalue weighted by molar-refractivity contribution is -0.109. The van der Waals surface area contributed by atoms with Crippen LogP contribution in [0.4, 0.5) is 0 Å². The van der Waals surface area contributed by atoms with Crippen LogP contribution in [0.3, 0.4) is 0 Å². The summed E-state index contributed by atoms with van der Waals surface area (Å²) in [5.74, 6) is 0. The molecular formula is C7H14N4O. The van der Waals surface area contributed by atoms with E-state index in [1.54, 1.807) is 0 Å². The number of likely N-dealkylation sites (tertiary alicyclic amines) is 1. The quantitative estimate of drug-likeness (QED) is 0.444. The minimum atomic E-state index is -0.240. The van der Waals surface area contributed by atoms with Crippen molar-refractivity contribution in [3.63, 3.8) is 0 Å². The van der Waals surface area contributed by atoms with Crippen LogP contribution in [0.25, 0.3) is 0 Å². The van der Waals surface area contributed by atoms with Gasteiger partial charge in [-0.05, 0) is 12.8 Å². The molecule has 2 aliphatic rings. The molecule has 2 saturated heterocycles. The number of aldehydes is 1. The van der Waals surface area contributed by atoms with Crippen LogP contribution in [0.15, 0.2) is 0 Å². The number of hydrogen-bond acceptors (Lipinski definition) is 5. The van der Waals surface area contributed by atoms with Gasteiger partial charge in [-0.15, -0.1) is 0 Å². The lowest BCUT2D eigenvalue weighted by Crippen LogP contribution is -2.48. The molecule has 68 valence electrons. The smallest absolute Gasteiger partial charge is 0.152 e. The predicted octanol–water partition coefficient (Wildman–Crippen LogP) is -1.41. The van der Waals surface area contributed by atoms with E-state index < -0.39 is 0 Å². The Kier molecular flexibility index (Phi) is 2.36. The Labute approximate surface area is 71.5 Å². The van der Waals surface area contributed by atoms with Gasteiger partial charge in [0.05, 0.1) is 0 Å². The zero-order chi connectivity index (χ0) is 8.39. The zero-order valence-electron chi connectivity index (χ0n) is 6.92. The summed E-state index contributed by atoms with van der Waals surface area (Å²) < 4.78 is 0. The SMILES string of the molecule is O=CC1NNC(N2CCCC2)N1. The summed E-state index contributed by atoms with van der Waals surface area (Å²) in [6, 6.07) is 0. The Bertz CT molecular complexity index is 169. The fourth-order valence-corrected chi connectivity index (χ4v) is 1.69. The van der Waals surface area contributed by atoms with E-state index in [1.807, 2.05) is 0 Å². The molecule has 2 heterocycles. The highest BCUT2D eigenvalue weighted by molar-refractivity contribution is 5.57. The third-order valence-corrected chi connectivity index (χ3v) is 2.35. The second kappa shape index (κ2) is 3.49. The summed E-state index contributed by atoms with van der Waals surface area (Å²) >= 11 is 0. The molecule has 2 fully saturated rings. The van der Waals surface area contributed by atoms with Crippen molar-refractivity contribution in [2.75, 3.05) is 13.1 Å². The Morgan fingerprint density at radius 2 is 2.00 bits per heavy atom. The van der Waals surface area contributed by atoms with Crippen molar-refractivity contribution in [3.8, 4) is 0 Å². The molecule has 0 aromatic heterocycles. The largest absolute Gasteiger partial charge is 0.300 e. The maximum atomic E-state index is 10.4. The summed E-state index contributed by atoms with van der Waals surface area (Å²) in [6.45, 7) is 2.22. The molecule has 5 nitrogen and oxygen atoms in total. The van der Waals surface area contributed by atoms with E-state index in [1.165, 1.54) is 12.8 Å². The van der Waals surface area contributed by atoms with Crippen LogP contribution in [0.2, 0.25) is 0 Å². The zero-order valence-corrected chi connectivity index (χ0v) is 6.92. The van der Waals surface area contributed by atoms with Crippen LogP contribution in [-0.4, -0.2) is 36.7 Å². The van der Waals surface area contributed by atoms with E-state index >= 15 is 0 Å². The van der Waals surface area contributed by atoms with Gasteiger partial charge in [0.2, 0.25) is 0 Å². The third kappa shape index (κ3) is 1.49. The fraction of sp³-hybridized carbons (Fsp3) is 0.857. The number of hydrogen-bond donors (Lipinski definition) is 3. The summed E-state index contributed by atoms with van der Waals surface area (Å²) in [5, 5.41) is 3.12. The second-order valence-electron chi connectivity index (χ2n) is 3.21. The van der Waals surface area contributed by atoms with Crippen molar-refractivity contribution in [1.29, 1.82) is 0 Å². The highest BCUT2D eigenvalue weighted by Gasteiger charge is 2.28. The predicted molar refractivity (Wildman–Crippen MR) is 43.9 cm³/mol. The van der Waals surface area contributed by atoms with E-state index in [4.69, 9.17) is 0 Å². The Morgan fingerprint density at radius 1 is 1.25 bits per heavy atom. The van der Waals surface area contributed by atoms with Crippen LogP contribution >= 0.6 is 0 Å². The fourth-order valence-electron chi connectivity index (χ4n) is 1.69. The van der Waals surface area contributed by atoms with Crippen molar-refractivity contribution in [2.24, 2.45) is 0 Å². The van der Waals surface area contributed by atoms with E-state index in [-0.39, 0.29) is 12.5 Å². The highest BCUT2D eigenvalue weighted by Crippen LogP contribution is 2.09. The molecule has 3 N–H and O–H groups in total. The molecule has 2 atom stereocenters. The van der Waals surface area contributed by atoms with Crippen molar-refractivity contribution in [3.05, 3.63) is 0 Å². The van der Waals surface area contributed by atoms with Crippen molar-refractivity contribution in [1.82, 2.24) is 21.1 Å². The van der Waals surface area contributed by atoms with Crippen LogP contribution in [0.1, 0.15) is 12.8 Å². The molecule has 0 saturated carbocycles. The van der Waals surface area contributed by atoms with Crippen molar-refractivity contribution >= 4 is 6.29 Å². The van der Waals surface area contributed by atoms with Gasteiger partial charge in [0.1, 0.15) is 12.5 Å². The molecule has 5 heteroatoms. The van der Waals surface area contributed by atoms with Gasteiger partial charge in [0.15, 0.2) is 6.29 Å². The van der Waals surface area contributed by atoms with E-state index in [0.29, 0.717) is 0 Å². The molecule has 0 radical (unpaired) electrons. The molecule has 0 aliphatic carbocycles. The summed E-state index contributed by atoms with van der Waals surface area (Å²) in [6.07, 6.45) is 3.26. The maximum Gasteiger partial charge on any atom is 0.152 e. The number of nitrogens with zero attached hydrogens (tertiary/aromatic N) is 1. The lowest BCUT2D eigenvalue weighted by Gasteiger charge is -2.22. The molecule has 2 aliphatic heterocycles. The summed E-state index contributed by atoms with van der Waals surface area (Å²) in [4.78, 5) is 12.7. The van der Waals surface area contributed by atoms with Gasteiger partial charge < -0.3 is 4.79 Å². The lowest BCUT2D eigenvalue weighted by atomic mass is 10.4. The maximum absolute atomic E-state index is 10.4. The van der Waals surface area contributed by atoms with Gasteiger partial charge >= 0.3 is 0 Å². The van der Waals surface area contributed by atoms with Crippen LogP contribution in [0.5, 0.6) is 0 Å². The number of hydrazine groups is 1. The first-order chi connectivity index (χ1) is 5.90. The number of carbonyl (C=O) groups excluding carboxylic acids is 1. The number of nitrogens with one attached hydrogen (secondary N) is 3. The van der Waals surface area contributed by atoms with Gasteiger partial charge in [-0.25, -0.2) is 10.9 Å². The molecule has 0 bridgehead atoms. The monoisotopic (exact) mass is 170 g/mol. The van der Waals surface area contributed by atoms with Gasteiger partial charge in [0.25, 0.3) is 0 Å². The molecule has 2 rings (SSSR count). The molecular weight excluding hydrogens is 156 g/mol. The van der Waals surface area contributed by atoms with E-state index in [9.17, 15) is 4.79 Å². The standard InChI is InChI=1S/C7H14N4O/c12-5-6-8-7(10-9-6)11-3-1-2-4-11/h5-10H,1-4H2. The second-order valence-corrected chi connectivity index (χ2v) is 3.21. The molecule has 0 aromatic carbocycles. The van der Waals surface area contributed by atoms with E-state index in [2.05, 4.69) is 21.1 Å². The first-order valence-electron chi connectivity index (χ1n) is 4.36. The molecule has 0 aromatic rings. The number of rotatable bonds is 2. The average molecular weight is 170 g/mol. The van der Waals surface area contributed by atoms with Crippen LogP contribution in [-0.2, 0) is 4.79 Å². The van der Waals surface area contributed by atoms with Gasteiger partial charge in [-0.2, -0.15) is 0 Å². The van der Waals surface area contributed by atoms with Gasteiger partial charge in [-0.1, -0.05) is 0 Å². The number of carbonyl (C=O) groups is 1. The Balaban J connectivity index is 1.85. The molecule has 12 heavy (non-hydrogen) atoms. The average Bonchev–Trinajstić information content (AvgIpc) is 2.75.